The third-order valence-corrected chi connectivity index (χ3v) is 1.96. The van der Waals surface area contributed by atoms with Crippen molar-refractivity contribution in [3.63, 3.8) is 0 Å². The molecule has 0 aromatic carbocycles. The van der Waals surface area contributed by atoms with E-state index in [1.807, 2.05) is 6.92 Å². The van der Waals surface area contributed by atoms with Crippen molar-refractivity contribution in [2.45, 2.75) is 13.5 Å². The highest BCUT2D eigenvalue weighted by molar-refractivity contribution is 5.22. The topological polar surface area (TPSA) is 63.8 Å². The molecule has 1 N–H and O–H groups in total. The Balaban J connectivity index is 2.43. The average molecular weight is 190 g/mol. The Bertz CT molecular complexity index is 424. The molecule has 0 saturated heterocycles. The average Bonchev–Trinajstić information content (AvgIpc) is 2.61. The van der Waals surface area contributed by atoms with Crippen LogP contribution in [0.3, 0.4) is 0 Å². The zero-order valence-corrected chi connectivity index (χ0v) is 7.75. The highest BCUT2D eigenvalue weighted by atomic mass is 16.3. The molecule has 0 saturated carbocycles. The van der Waals surface area contributed by atoms with Gasteiger partial charge in [-0.1, -0.05) is 0 Å². The van der Waals surface area contributed by atoms with Crippen molar-refractivity contribution in [2.24, 2.45) is 0 Å². The van der Waals surface area contributed by atoms with Crippen LogP contribution in [0.4, 0.5) is 0 Å². The minimum absolute atomic E-state index is 0.00784. The van der Waals surface area contributed by atoms with Gasteiger partial charge in [0.05, 0.1) is 18.5 Å². The lowest BCUT2D eigenvalue weighted by atomic mass is 10.3. The van der Waals surface area contributed by atoms with E-state index in [9.17, 15) is 0 Å². The Morgan fingerprint density at radius 2 is 2.29 bits per heavy atom. The lowest BCUT2D eigenvalue weighted by Gasteiger charge is -1.96. The summed E-state index contributed by atoms with van der Waals surface area (Å²) in [6, 6.07) is 0. The number of rotatable bonds is 2. The molecule has 0 radical (unpaired) electrons. The van der Waals surface area contributed by atoms with E-state index < -0.39 is 0 Å². The van der Waals surface area contributed by atoms with Crippen LogP contribution in [0.1, 0.15) is 11.3 Å². The molecule has 2 aromatic heterocycles. The molecule has 2 rings (SSSR count). The lowest BCUT2D eigenvalue weighted by molar-refractivity contribution is 0.281. The van der Waals surface area contributed by atoms with Crippen LogP contribution in [-0.4, -0.2) is 24.9 Å². The van der Waals surface area contributed by atoms with Crippen LogP contribution in [0, 0.1) is 6.92 Å². The quantitative estimate of drug-likeness (QED) is 0.747. The summed E-state index contributed by atoms with van der Waals surface area (Å²) in [6.07, 6.45) is 6.57. The maximum atomic E-state index is 8.99. The highest BCUT2D eigenvalue weighted by Gasteiger charge is 2.05. The maximum Gasteiger partial charge on any atom is 0.171 e. The van der Waals surface area contributed by atoms with E-state index in [2.05, 4.69) is 15.1 Å². The summed E-state index contributed by atoms with van der Waals surface area (Å²) in [5, 5.41) is 13.2. The van der Waals surface area contributed by atoms with Crippen molar-refractivity contribution in [2.75, 3.05) is 0 Å². The molecule has 2 heterocycles. The van der Waals surface area contributed by atoms with Crippen LogP contribution in [0.5, 0.6) is 0 Å². The van der Waals surface area contributed by atoms with E-state index in [4.69, 9.17) is 5.11 Å². The molecule has 0 unspecified atom stereocenters. The van der Waals surface area contributed by atoms with Crippen molar-refractivity contribution in [1.82, 2.24) is 19.7 Å². The first-order valence-corrected chi connectivity index (χ1v) is 4.23. The Morgan fingerprint density at radius 1 is 1.43 bits per heavy atom. The standard InChI is InChI=1S/C9H10N4O/c1-7-8(6-14)5-13(12-7)9-4-10-2-3-11-9/h2-5,14H,6H2,1H3. The fraction of sp³-hybridized carbons (Fsp3) is 0.222. The Labute approximate surface area is 81.1 Å². The van der Waals surface area contributed by atoms with Gasteiger partial charge in [0.1, 0.15) is 0 Å². The molecule has 0 bridgehead atoms. The fourth-order valence-corrected chi connectivity index (χ4v) is 1.18. The van der Waals surface area contributed by atoms with E-state index in [0.717, 1.165) is 11.3 Å². The van der Waals surface area contributed by atoms with Crippen molar-refractivity contribution in [3.05, 3.63) is 36.0 Å². The Morgan fingerprint density at radius 3 is 2.86 bits per heavy atom. The van der Waals surface area contributed by atoms with E-state index >= 15 is 0 Å². The van der Waals surface area contributed by atoms with Crippen molar-refractivity contribution >= 4 is 0 Å². The number of nitrogens with zero attached hydrogens (tertiary/aromatic N) is 4. The first-order valence-electron chi connectivity index (χ1n) is 4.23. The van der Waals surface area contributed by atoms with Gasteiger partial charge in [-0.3, -0.25) is 4.98 Å². The van der Waals surface area contributed by atoms with Gasteiger partial charge in [0, 0.05) is 24.2 Å². The second kappa shape index (κ2) is 3.55. The molecule has 5 nitrogen and oxygen atoms in total. The molecule has 0 amide bonds. The van der Waals surface area contributed by atoms with Gasteiger partial charge in [-0.2, -0.15) is 5.10 Å². The van der Waals surface area contributed by atoms with E-state index in [0.29, 0.717) is 5.82 Å². The summed E-state index contributed by atoms with van der Waals surface area (Å²) in [5.74, 6) is 0.648. The van der Waals surface area contributed by atoms with Crippen LogP contribution >= 0.6 is 0 Å². The summed E-state index contributed by atoms with van der Waals surface area (Å²) < 4.78 is 1.61. The predicted octanol–water partition coefficient (Wildman–Crippen LogP) is 0.463. The van der Waals surface area contributed by atoms with Crippen LogP contribution in [0.25, 0.3) is 5.82 Å². The number of hydrogen-bond acceptors (Lipinski definition) is 4. The molecule has 0 aliphatic heterocycles. The largest absolute Gasteiger partial charge is 0.392 e. The minimum Gasteiger partial charge on any atom is -0.392 e. The summed E-state index contributed by atoms with van der Waals surface area (Å²) >= 11 is 0. The first-order chi connectivity index (χ1) is 6.81. The molecule has 0 spiro atoms. The summed E-state index contributed by atoms with van der Waals surface area (Å²) in [4.78, 5) is 8.03. The lowest BCUT2D eigenvalue weighted by Crippen LogP contribution is -1.98. The number of aromatic nitrogens is 4. The van der Waals surface area contributed by atoms with Gasteiger partial charge in [-0.25, -0.2) is 9.67 Å². The summed E-state index contributed by atoms with van der Waals surface area (Å²) in [6.45, 7) is 1.84. The monoisotopic (exact) mass is 190 g/mol. The molecular formula is C9H10N4O. The second-order valence-electron chi connectivity index (χ2n) is 2.91. The smallest absolute Gasteiger partial charge is 0.171 e. The van der Waals surface area contributed by atoms with Gasteiger partial charge in [0.15, 0.2) is 5.82 Å². The van der Waals surface area contributed by atoms with Gasteiger partial charge in [-0.15, -0.1) is 0 Å². The molecule has 5 heteroatoms. The molecule has 0 aliphatic rings. The van der Waals surface area contributed by atoms with Gasteiger partial charge in [0.25, 0.3) is 0 Å². The molecule has 14 heavy (non-hydrogen) atoms. The van der Waals surface area contributed by atoms with Crippen LogP contribution in [0.2, 0.25) is 0 Å². The molecular weight excluding hydrogens is 180 g/mol. The van der Waals surface area contributed by atoms with Crippen LogP contribution in [-0.2, 0) is 6.61 Å². The van der Waals surface area contributed by atoms with Crippen LogP contribution in [0.15, 0.2) is 24.8 Å². The Kier molecular flexibility index (Phi) is 2.24. The molecule has 0 aliphatic carbocycles. The third-order valence-electron chi connectivity index (χ3n) is 1.96. The van der Waals surface area contributed by atoms with E-state index in [1.54, 1.807) is 29.5 Å². The van der Waals surface area contributed by atoms with Crippen molar-refractivity contribution < 1.29 is 5.11 Å². The number of hydrogen-bond donors (Lipinski definition) is 1. The first kappa shape index (κ1) is 8.83. The van der Waals surface area contributed by atoms with Crippen molar-refractivity contribution in [3.8, 4) is 5.82 Å². The SMILES string of the molecule is Cc1nn(-c2cnccn2)cc1CO. The second-order valence-corrected chi connectivity index (χ2v) is 2.91. The van der Waals surface area contributed by atoms with E-state index in [-0.39, 0.29) is 6.61 Å². The zero-order chi connectivity index (χ0) is 9.97. The minimum atomic E-state index is -0.00784. The normalized spacial score (nSPS) is 10.4. The maximum absolute atomic E-state index is 8.99. The van der Waals surface area contributed by atoms with Gasteiger partial charge < -0.3 is 5.11 Å². The van der Waals surface area contributed by atoms with Gasteiger partial charge in [0.2, 0.25) is 0 Å². The number of aliphatic hydroxyl groups excluding tert-OH is 1. The van der Waals surface area contributed by atoms with Crippen molar-refractivity contribution in [1.29, 1.82) is 0 Å². The third kappa shape index (κ3) is 1.49. The van der Waals surface area contributed by atoms with Gasteiger partial charge >= 0.3 is 0 Å². The molecule has 2 aromatic rings. The zero-order valence-electron chi connectivity index (χ0n) is 7.75. The predicted molar refractivity (Wildman–Crippen MR) is 49.8 cm³/mol. The fourth-order valence-electron chi connectivity index (χ4n) is 1.18. The number of aryl methyl sites for hydroxylation is 1. The number of aliphatic hydroxyl groups is 1. The molecule has 0 atom stereocenters. The Hall–Kier alpha value is -1.75. The van der Waals surface area contributed by atoms with Crippen LogP contribution < -0.4 is 0 Å². The van der Waals surface area contributed by atoms with E-state index in [1.165, 1.54) is 0 Å². The van der Waals surface area contributed by atoms with Gasteiger partial charge in [-0.05, 0) is 6.92 Å². The summed E-state index contributed by atoms with van der Waals surface area (Å²) in [7, 11) is 0. The molecule has 0 fully saturated rings. The molecule has 72 valence electrons. The highest BCUT2D eigenvalue weighted by Crippen LogP contribution is 2.08. The summed E-state index contributed by atoms with van der Waals surface area (Å²) in [5.41, 5.74) is 1.61.